The van der Waals surface area contributed by atoms with Crippen LogP contribution in [0, 0.1) is 0 Å². The first-order valence-electron chi connectivity index (χ1n) is 5.32. The average Bonchev–Trinajstić information content (AvgIpc) is 2.27. The van der Waals surface area contributed by atoms with Gasteiger partial charge in [0.15, 0.2) is 6.04 Å². The van der Waals surface area contributed by atoms with E-state index in [1.807, 2.05) is 0 Å². The second-order valence-corrected chi connectivity index (χ2v) is 3.22. The number of nitrogens with two attached hydrogens (primary N) is 1. The van der Waals surface area contributed by atoms with E-state index >= 15 is 0 Å². The molecule has 3 N–H and O–H groups in total. The third kappa shape index (κ3) is 6.36. The molecular weight excluding hydrogens is 212 g/mol. The van der Waals surface area contributed by atoms with Gasteiger partial charge >= 0.3 is 5.97 Å². The highest BCUT2D eigenvalue weighted by Gasteiger charge is 2.22. The summed E-state index contributed by atoms with van der Waals surface area (Å²) in [7, 11) is 1.62. The smallest absolute Gasteiger partial charge is 0.332 e. The van der Waals surface area contributed by atoms with Crippen molar-refractivity contribution in [3.63, 3.8) is 0 Å². The zero-order chi connectivity index (χ0) is 12.4. The van der Waals surface area contributed by atoms with E-state index in [2.05, 4.69) is 10.1 Å². The van der Waals surface area contributed by atoms with Gasteiger partial charge in [0, 0.05) is 20.3 Å². The van der Waals surface area contributed by atoms with E-state index in [1.165, 1.54) is 0 Å². The molecule has 0 saturated carbocycles. The fraction of sp³-hybridized carbons (Fsp3) is 0.800. The van der Waals surface area contributed by atoms with Crippen LogP contribution in [0.25, 0.3) is 0 Å². The summed E-state index contributed by atoms with van der Waals surface area (Å²) in [5.41, 5.74) is 5.38. The van der Waals surface area contributed by atoms with Gasteiger partial charge in [0.2, 0.25) is 5.91 Å². The number of amides is 1. The van der Waals surface area contributed by atoms with E-state index in [0.29, 0.717) is 13.2 Å². The lowest BCUT2D eigenvalue weighted by Gasteiger charge is -2.10. The molecule has 1 amide bonds. The molecule has 0 spiro atoms. The summed E-state index contributed by atoms with van der Waals surface area (Å²) >= 11 is 0. The maximum absolute atomic E-state index is 11.3. The quantitative estimate of drug-likeness (QED) is 0.332. The highest BCUT2D eigenvalue weighted by atomic mass is 16.5. The van der Waals surface area contributed by atoms with Crippen LogP contribution in [0.5, 0.6) is 0 Å². The second kappa shape index (κ2) is 9.11. The van der Waals surface area contributed by atoms with Crippen LogP contribution in [0.4, 0.5) is 0 Å². The minimum Gasteiger partial charge on any atom is -0.464 e. The summed E-state index contributed by atoms with van der Waals surface area (Å²) in [6.07, 6.45) is 1.64. The van der Waals surface area contributed by atoms with Crippen molar-refractivity contribution < 1.29 is 19.1 Å². The fourth-order valence-electron chi connectivity index (χ4n) is 1.03. The third-order valence-electron chi connectivity index (χ3n) is 1.90. The molecule has 0 fully saturated rings. The van der Waals surface area contributed by atoms with E-state index < -0.39 is 17.9 Å². The predicted molar refractivity (Wildman–Crippen MR) is 58.7 cm³/mol. The number of methoxy groups -OCH3 is 1. The molecule has 0 radical (unpaired) electrons. The molecule has 6 heteroatoms. The standard InChI is InChI=1S/C10H20N2O4/c1-3-16-10(14)8(11)9(13)12-6-4-5-7-15-2/h8H,3-7,11H2,1-2H3,(H,12,13). The highest BCUT2D eigenvalue weighted by Crippen LogP contribution is 1.89. The van der Waals surface area contributed by atoms with E-state index in [-0.39, 0.29) is 6.61 Å². The second-order valence-electron chi connectivity index (χ2n) is 3.22. The molecule has 0 aliphatic carbocycles. The van der Waals surface area contributed by atoms with Gasteiger partial charge in [0.05, 0.1) is 6.61 Å². The summed E-state index contributed by atoms with van der Waals surface area (Å²) in [5, 5.41) is 2.56. The van der Waals surface area contributed by atoms with Crippen molar-refractivity contribution >= 4 is 11.9 Å². The average molecular weight is 232 g/mol. The van der Waals surface area contributed by atoms with Gasteiger partial charge in [-0.25, -0.2) is 4.79 Å². The fourth-order valence-corrected chi connectivity index (χ4v) is 1.03. The molecule has 0 aromatic rings. The zero-order valence-electron chi connectivity index (χ0n) is 9.82. The maximum Gasteiger partial charge on any atom is 0.332 e. The number of hydrogen-bond acceptors (Lipinski definition) is 5. The monoisotopic (exact) mass is 232 g/mol. The largest absolute Gasteiger partial charge is 0.464 e. The number of nitrogens with one attached hydrogen (secondary N) is 1. The number of hydrogen-bond donors (Lipinski definition) is 2. The molecule has 0 bridgehead atoms. The van der Waals surface area contributed by atoms with Crippen molar-refractivity contribution in [2.45, 2.75) is 25.8 Å². The Balaban J connectivity index is 3.67. The van der Waals surface area contributed by atoms with E-state index in [9.17, 15) is 9.59 Å². The van der Waals surface area contributed by atoms with E-state index in [4.69, 9.17) is 10.5 Å². The van der Waals surface area contributed by atoms with Crippen LogP contribution >= 0.6 is 0 Å². The Morgan fingerprint density at radius 1 is 1.38 bits per heavy atom. The molecule has 1 unspecified atom stereocenters. The predicted octanol–water partition coefficient (Wildman–Crippen LogP) is -0.580. The minimum absolute atomic E-state index is 0.216. The minimum atomic E-state index is -1.23. The number of rotatable bonds is 8. The molecule has 0 aromatic carbocycles. The summed E-state index contributed by atoms with van der Waals surface area (Å²) in [6.45, 7) is 3.01. The SMILES string of the molecule is CCOC(=O)C(N)C(=O)NCCCCOC. The molecule has 6 nitrogen and oxygen atoms in total. The number of carbonyl (C=O) groups is 2. The van der Waals surface area contributed by atoms with Crippen molar-refractivity contribution in [2.24, 2.45) is 5.73 Å². The lowest BCUT2D eigenvalue weighted by Crippen LogP contribution is -2.47. The summed E-state index contributed by atoms with van der Waals surface area (Å²) in [6, 6.07) is -1.23. The topological polar surface area (TPSA) is 90.7 Å². The lowest BCUT2D eigenvalue weighted by atomic mass is 10.2. The Morgan fingerprint density at radius 2 is 2.06 bits per heavy atom. The zero-order valence-corrected chi connectivity index (χ0v) is 9.82. The van der Waals surface area contributed by atoms with Gasteiger partial charge in [-0.1, -0.05) is 0 Å². The molecule has 0 saturated heterocycles. The summed E-state index contributed by atoms with van der Waals surface area (Å²) in [5.74, 6) is -1.20. The van der Waals surface area contributed by atoms with Crippen molar-refractivity contribution in [1.29, 1.82) is 0 Å². The molecule has 0 rings (SSSR count). The Bertz CT molecular complexity index is 221. The van der Waals surface area contributed by atoms with Gasteiger partial charge in [-0.15, -0.1) is 0 Å². The Morgan fingerprint density at radius 3 is 2.62 bits per heavy atom. The molecule has 0 aliphatic heterocycles. The van der Waals surface area contributed by atoms with Gasteiger partial charge < -0.3 is 20.5 Å². The van der Waals surface area contributed by atoms with Gasteiger partial charge in [0.25, 0.3) is 0 Å². The van der Waals surface area contributed by atoms with Crippen molar-refractivity contribution in [2.75, 3.05) is 26.9 Å². The van der Waals surface area contributed by atoms with E-state index in [0.717, 1.165) is 12.8 Å². The number of carbonyl (C=O) groups excluding carboxylic acids is 2. The van der Waals surface area contributed by atoms with Gasteiger partial charge in [-0.3, -0.25) is 4.79 Å². The molecular formula is C10H20N2O4. The molecule has 1 atom stereocenters. The molecule has 16 heavy (non-hydrogen) atoms. The molecule has 0 aromatic heterocycles. The van der Waals surface area contributed by atoms with E-state index in [1.54, 1.807) is 14.0 Å². The summed E-state index contributed by atoms with van der Waals surface area (Å²) in [4.78, 5) is 22.4. The number of ether oxygens (including phenoxy) is 2. The molecule has 0 aliphatic rings. The van der Waals surface area contributed by atoms with Gasteiger partial charge in [0.1, 0.15) is 0 Å². The summed E-state index contributed by atoms with van der Waals surface area (Å²) < 4.78 is 9.48. The van der Waals surface area contributed by atoms with Crippen molar-refractivity contribution in [3.8, 4) is 0 Å². The van der Waals surface area contributed by atoms with Crippen LogP contribution in [0.3, 0.4) is 0 Å². The van der Waals surface area contributed by atoms with Crippen LogP contribution in [0.2, 0.25) is 0 Å². The maximum atomic E-state index is 11.3. The van der Waals surface area contributed by atoms with Gasteiger partial charge in [-0.05, 0) is 19.8 Å². The van der Waals surface area contributed by atoms with Crippen molar-refractivity contribution in [3.05, 3.63) is 0 Å². The number of unbranched alkanes of at least 4 members (excludes halogenated alkanes) is 1. The first-order valence-corrected chi connectivity index (χ1v) is 5.32. The Kier molecular flexibility index (Phi) is 8.46. The van der Waals surface area contributed by atoms with Crippen LogP contribution in [-0.2, 0) is 19.1 Å². The number of esters is 1. The van der Waals surface area contributed by atoms with Crippen LogP contribution in [-0.4, -0.2) is 44.8 Å². The third-order valence-corrected chi connectivity index (χ3v) is 1.90. The van der Waals surface area contributed by atoms with Crippen LogP contribution < -0.4 is 11.1 Å². The lowest BCUT2D eigenvalue weighted by molar-refractivity contribution is -0.147. The highest BCUT2D eigenvalue weighted by molar-refractivity contribution is 6.01. The normalized spacial score (nSPS) is 11.9. The Hall–Kier alpha value is -1.14. The first-order chi connectivity index (χ1) is 7.63. The molecule has 94 valence electrons. The van der Waals surface area contributed by atoms with Crippen molar-refractivity contribution in [1.82, 2.24) is 5.32 Å². The van der Waals surface area contributed by atoms with Crippen LogP contribution in [0.1, 0.15) is 19.8 Å². The van der Waals surface area contributed by atoms with Gasteiger partial charge in [-0.2, -0.15) is 0 Å². The first kappa shape index (κ1) is 14.9. The van der Waals surface area contributed by atoms with Crippen LogP contribution in [0.15, 0.2) is 0 Å². The molecule has 0 heterocycles. The Labute approximate surface area is 95.5 Å².